The summed E-state index contributed by atoms with van der Waals surface area (Å²) in [6.07, 6.45) is 6.11. The number of rotatable bonds is 4. The maximum atomic E-state index is 12.8. The summed E-state index contributed by atoms with van der Waals surface area (Å²) in [5.74, 6) is 0.719. The maximum Gasteiger partial charge on any atom is 0.322 e. The fourth-order valence-electron chi connectivity index (χ4n) is 3.51. The molecule has 0 spiro atoms. The zero-order chi connectivity index (χ0) is 20.2. The first kappa shape index (κ1) is 19.3. The molecule has 0 aliphatic carbocycles. The van der Waals surface area contributed by atoms with Gasteiger partial charge in [-0.1, -0.05) is 6.07 Å². The van der Waals surface area contributed by atoms with Crippen molar-refractivity contribution in [2.75, 3.05) is 23.2 Å². The van der Waals surface area contributed by atoms with Gasteiger partial charge in [0.25, 0.3) is 0 Å². The highest BCUT2D eigenvalue weighted by atomic mass is 32.2. The van der Waals surface area contributed by atoms with Crippen LogP contribution in [-0.4, -0.2) is 45.5 Å². The van der Waals surface area contributed by atoms with Crippen molar-refractivity contribution < 1.29 is 14.1 Å². The Morgan fingerprint density at radius 2 is 2.17 bits per heavy atom. The quantitative estimate of drug-likeness (QED) is 0.659. The molecule has 152 valence electrons. The van der Waals surface area contributed by atoms with Crippen LogP contribution in [0.5, 0.6) is 5.75 Å². The number of nitrogens with two attached hydrogens (primary N) is 1. The fourth-order valence-corrected chi connectivity index (χ4v) is 4.18. The SMILES string of the molecule is NC1=N[S+]([O-])Nc2cccc(OCC3CCCCN3C(=O)Nc3ccncc3)c21. The number of benzene rings is 1. The molecule has 3 heterocycles. The summed E-state index contributed by atoms with van der Waals surface area (Å²) >= 11 is -1.59. The number of carbonyl (C=O) groups excluding carboxylic acids is 1. The van der Waals surface area contributed by atoms with E-state index < -0.39 is 11.5 Å². The highest BCUT2D eigenvalue weighted by molar-refractivity contribution is 7.91. The van der Waals surface area contributed by atoms with Crippen molar-refractivity contribution in [1.82, 2.24) is 9.88 Å². The smallest absolute Gasteiger partial charge is 0.322 e. The standard InChI is InChI=1S/C19H22N6O3S/c20-18-17-15(23-29(27)24-18)5-3-6-16(17)28-12-14-4-1-2-11-25(14)19(26)22-13-7-9-21-10-8-13/h3,5-10,14,23H,1-2,4,11-12H2,(H2,20,24)(H,21,22,26). The molecule has 2 atom stereocenters. The van der Waals surface area contributed by atoms with Crippen LogP contribution in [0.15, 0.2) is 47.1 Å². The van der Waals surface area contributed by atoms with E-state index in [1.54, 1.807) is 42.7 Å². The summed E-state index contributed by atoms with van der Waals surface area (Å²) in [6.45, 7) is 0.999. The van der Waals surface area contributed by atoms with Crippen molar-refractivity contribution >= 4 is 34.8 Å². The molecule has 1 aromatic carbocycles. The van der Waals surface area contributed by atoms with Crippen LogP contribution in [0.1, 0.15) is 24.8 Å². The van der Waals surface area contributed by atoms with Crippen LogP contribution in [0.3, 0.4) is 0 Å². The summed E-state index contributed by atoms with van der Waals surface area (Å²) in [6, 6.07) is 8.65. The molecule has 29 heavy (non-hydrogen) atoms. The molecular weight excluding hydrogens is 392 g/mol. The molecule has 0 radical (unpaired) electrons. The number of urea groups is 1. The van der Waals surface area contributed by atoms with Gasteiger partial charge in [0.05, 0.1) is 17.3 Å². The van der Waals surface area contributed by atoms with Gasteiger partial charge in [0.1, 0.15) is 12.4 Å². The van der Waals surface area contributed by atoms with Gasteiger partial charge in [0.2, 0.25) is 11.5 Å². The molecule has 1 fully saturated rings. The number of piperidine rings is 1. The number of pyridine rings is 1. The second-order valence-corrected chi connectivity index (χ2v) is 7.71. The second-order valence-electron chi connectivity index (χ2n) is 6.83. The molecule has 10 heteroatoms. The third-order valence-electron chi connectivity index (χ3n) is 4.91. The Morgan fingerprint density at radius 3 is 3.00 bits per heavy atom. The fraction of sp³-hybridized carbons (Fsp3) is 0.316. The Hall–Kier alpha value is -2.98. The minimum atomic E-state index is -1.59. The van der Waals surface area contributed by atoms with Crippen molar-refractivity contribution in [1.29, 1.82) is 0 Å². The van der Waals surface area contributed by atoms with Gasteiger partial charge in [-0.05, 0) is 47.9 Å². The average Bonchev–Trinajstić information content (AvgIpc) is 2.72. The number of amides is 2. The van der Waals surface area contributed by atoms with Crippen molar-refractivity contribution in [3.8, 4) is 5.75 Å². The highest BCUT2D eigenvalue weighted by Crippen LogP contribution is 2.31. The van der Waals surface area contributed by atoms with E-state index in [1.807, 2.05) is 4.90 Å². The molecule has 0 saturated carbocycles. The number of carbonyl (C=O) groups is 1. The largest absolute Gasteiger partial charge is 0.566 e. The van der Waals surface area contributed by atoms with Crippen LogP contribution in [0.25, 0.3) is 0 Å². The zero-order valence-electron chi connectivity index (χ0n) is 15.7. The average molecular weight is 414 g/mol. The summed E-state index contributed by atoms with van der Waals surface area (Å²) in [7, 11) is 0. The number of fused-ring (bicyclic) bond motifs is 1. The number of nitrogens with one attached hydrogen (secondary N) is 2. The minimum Gasteiger partial charge on any atom is -0.566 e. The Bertz CT molecular complexity index is 910. The summed E-state index contributed by atoms with van der Waals surface area (Å²) in [4.78, 5) is 18.5. The highest BCUT2D eigenvalue weighted by Gasteiger charge is 2.29. The second kappa shape index (κ2) is 8.58. The normalized spacial score (nSPS) is 20.9. The van der Waals surface area contributed by atoms with Gasteiger partial charge in [0, 0.05) is 24.6 Å². The first-order chi connectivity index (χ1) is 14.1. The van der Waals surface area contributed by atoms with Gasteiger partial charge < -0.3 is 25.2 Å². The number of hydrogen-bond acceptors (Lipinski definition) is 7. The van der Waals surface area contributed by atoms with E-state index in [-0.39, 0.29) is 17.9 Å². The Balaban J connectivity index is 1.46. The Morgan fingerprint density at radius 1 is 1.34 bits per heavy atom. The van der Waals surface area contributed by atoms with Crippen LogP contribution >= 0.6 is 0 Å². The van der Waals surface area contributed by atoms with Crippen molar-refractivity contribution in [2.24, 2.45) is 10.1 Å². The van der Waals surface area contributed by atoms with E-state index in [0.29, 0.717) is 35.8 Å². The monoisotopic (exact) mass is 414 g/mol. The zero-order valence-corrected chi connectivity index (χ0v) is 16.5. The van der Waals surface area contributed by atoms with E-state index in [4.69, 9.17) is 10.5 Å². The first-order valence-corrected chi connectivity index (χ1v) is 10.5. The molecule has 2 amide bonds. The topological polar surface area (TPSA) is 128 Å². The predicted octanol–water partition coefficient (Wildman–Crippen LogP) is 2.26. The van der Waals surface area contributed by atoms with Crippen LogP contribution in [0, 0.1) is 0 Å². The van der Waals surface area contributed by atoms with Crippen LogP contribution in [0.4, 0.5) is 16.2 Å². The Kier molecular flexibility index (Phi) is 5.72. The lowest BCUT2D eigenvalue weighted by molar-refractivity contribution is 0.124. The molecule has 9 nitrogen and oxygen atoms in total. The number of ether oxygens (including phenoxy) is 1. The molecule has 4 rings (SSSR count). The van der Waals surface area contributed by atoms with E-state index in [2.05, 4.69) is 19.4 Å². The third kappa shape index (κ3) is 4.38. The number of nitrogens with zero attached hydrogens (tertiary/aromatic N) is 3. The van der Waals surface area contributed by atoms with Crippen LogP contribution < -0.4 is 20.5 Å². The number of aromatic nitrogens is 1. The minimum absolute atomic E-state index is 0.0645. The number of likely N-dealkylation sites (tertiary alicyclic amines) is 1. The number of hydrogen-bond donors (Lipinski definition) is 3. The molecule has 4 N–H and O–H groups in total. The summed E-state index contributed by atoms with van der Waals surface area (Å²) in [5, 5.41) is 2.91. The summed E-state index contributed by atoms with van der Waals surface area (Å²) < 4.78 is 24.3. The van der Waals surface area contributed by atoms with E-state index in [0.717, 1.165) is 19.3 Å². The summed E-state index contributed by atoms with van der Waals surface area (Å²) in [5.41, 5.74) is 7.88. The van der Waals surface area contributed by atoms with Crippen molar-refractivity contribution in [3.63, 3.8) is 0 Å². The van der Waals surface area contributed by atoms with Gasteiger partial charge >= 0.3 is 6.03 Å². The van der Waals surface area contributed by atoms with Gasteiger partial charge in [-0.15, -0.1) is 0 Å². The van der Waals surface area contributed by atoms with Gasteiger partial charge in [-0.25, -0.2) is 4.79 Å². The molecule has 2 unspecified atom stereocenters. The Labute approximate surface area is 171 Å². The van der Waals surface area contributed by atoms with Gasteiger partial charge in [0.15, 0.2) is 5.84 Å². The molecular formula is C19H22N6O3S. The number of amidine groups is 1. The first-order valence-electron chi connectivity index (χ1n) is 9.38. The lowest BCUT2D eigenvalue weighted by atomic mass is 10.0. The predicted molar refractivity (Wildman–Crippen MR) is 112 cm³/mol. The lowest BCUT2D eigenvalue weighted by Gasteiger charge is -2.35. The molecule has 2 aliphatic rings. The van der Waals surface area contributed by atoms with E-state index >= 15 is 0 Å². The van der Waals surface area contributed by atoms with Crippen LogP contribution in [-0.2, 0) is 11.5 Å². The molecule has 2 aromatic rings. The molecule has 2 aliphatic heterocycles. The van der Waals surface area contributed by atoms with Crippen molar-refractivity contribution in [3.05, 3.63) is 48.3 Å². The van der Waals surface area contributed by atoms with Crippen molar-refractivity contribution in [2.45, 2.75) is 25.3 Å². The third-order valence-corrected chi connectivity index (χ3v) is 5.67. The van der Waals surface area contributed by atoms with E-state index in [9.17, 15) is 9.35 Å². The molecule has 0 bridgehead atoms. The number of anilines is 2. The lowest BCUT2D eigenvalue weighted by Crippen LogP contribution is -2.48. The molecule has 1 aromatic heterocycles. The van der Waals surface area contributed by atoms with E-state index in [1.165, 1.54) is 0 Å². The van der Waals surface area contributed by atoms with Gasteiger partial charge in [-0.2, -0.15) is 4.72 Å². The maximum absolute atomic E-state index is 12.8. The van der Waals surface area contributed by atoms with Gasteiger partial charge in [-0.3, -0.25) is 4.98 Å². The van der Waals surface area contributed by atoms with Crippen LogP contribution in [0.2, 0.25) is 0 Å². The molecule has 1 saturated heterocycles.